The first-order chi connectivity index (χ1) is 16.8. The number of nitriles is 1. The summed E-state index contributed by atoms with van der Waals surface area (Å²) in [6.45, 7) is 3.55. The molecule has 12 nitrogen and oxygen atoms in total. The van der Waals surface area contributed by atoms with Gasteiger partial charge in [-0.25, -0.2) is 15.8 Å². The highest BCUT2D eigenvalue weighted by Crippen LogP contribution is 2.33. The summed E-state index contributed by atoms with van der Waals surface area (Å²) in [6, 6.07) is 13.3. The minimum Gasteiger partial charge on any atom is -0.493 e. The van der Waals surface area contributed by atoms with Crippen molar-refractivity contribution in [1.82, 2.24) is 5.01 Å². The molecule has 0 aromatic heterocycles. The molecule has 0 saturated heterocycles. The molecular formula is C23H23N5O7. The van der Waals surface area contributed by atoms with E-state index >= 15 is 0 Å². The molecule has 0 aliphatic carbocycles. The Morgan fingerprint density at radius 1 is 1.29 bits per heavy atom. The van der Waals surface area contributed by atoms with Crippen molar-refractivity contribution >= 4 is 11.7 Å². The highest BCUT2D eigenvalue weighted by molar-refractivity contribution is 6.08. The smallest absolute Gasteiger partial charge is 0.352 e. The Morgan fingerprint density at radius 2 is 2.06 bits per heavy atom. The maximum atomic E-state index is 12.2. The van der Waals surface area contributed by atoms with Crippen LogP contribution in [0.3, 0.4) is 0 Å². The number of ether oxygens (including phenoxy) is 4. The van der Waals surface area contributed by atoms with Crippen molar-refractivity contribution in [3.05, 3.63) is 75.3 Å². The van der Waals surface area contributed by atoms with Gasteiger partial charge in [0.1, 0.15) is 11.5 Å². The summed E-state index contributed by atoms with van der Waals surface area (Å²) in [4.78, 5) is 27.7. The number of nitro groups is 1. The Hall–Kier alpha value is -4.63. The lowest BCUT2D eigenvalue weighted by Crippen LogP contribution is -2.49. The molecule has 1 heterocycles. The Labute approximate surface area is 200 Å². The number of carbonyl (C=O) groups is 1. The number of hydrogen-bond donors (Lipinski definition) is 1. The summed E-state index contributed by atoms with van der Waals surface area (Å²) in [7, 11) is 1.37. The molecule has 12 heteroatoms. The van der Waals surface area contributed by atoms with Gasteiger partial charge in [0.2, 0.25) is 0 Å². The Morgan fingerprint density at radius 3 is 2.69 bits per heavy atom. The van der Waals surface area contributed by atoms with Crippen LogP contribution < -0.4 is 20.1 Å². The van der Waals surface area contributed by atoms with Gasteiger partial charge in [0.05, 0.1) is 36.7 Å². The minimum absolute atomic E-state index is 0.0111. The van der Waals surface area contributed by atoms with Gasteiger partial charge in [-0.1, -0.05) is 12.1 Å². The van der Waals surface area contributed by atoms with Crippen molar-refractivity contribution < 1.29 is 28.7 Å². The van der Waals surface area contributed by atoms with Crippen molar-refractivity contribution in [2.75, 3.05) is 13.7 Å². The maximum absolute atomic E-state index is 12.2. The molecule has 0 radical (unpaired) electrons. The number of nitrogens with zero attached hydrogens (tertiary/aromatic N) is 4. The number of benzene rings is 2. The van der Waals surface area contributed by atoms with Crippen LogP contribution in [0.15, 0.2) is 59.0 Å². The Kier molecular flexibility index (Phi) is 7.85. The van der Waals surface area contributed by atoms with Crippen LogP contribution >= 0.6 is 0 Å². The standard InChI is InChI=1S/C23H23N5O7/c1-4-33-20(29)12-17-21(28(30)31)22(35-19-11-15(13-24)8-9-18(19)32-3)27(25)23(26-17)34-16-7-5-6-14(2)10-16/h5-11,23H,4,12,25H2,1-3H3. The van der Waals surface area contributed by atoms with Gasteiger partial charge in [0, 0.05) is 6.07 Å². The van der Waals surface area contributed by atoms with Crippen LogP contribution in [0.25, 0.3) is 0 Å². The summed E-state index contributed by atoms with van der Waals surface area (Å²) in [5.41, 5.74) is 0.206. The van der Waals surface area contributed by atoms with E-state index < -0.39 is 35.2 Å². The van der Waals surface area contributed by atoms with Gasteiger partial charge in [-0.2, -0.15) is 5.26 Å². The van der Waals surface area contributed by atoms with Crippen molar-refractivity contribution in [3.8, 4) is 23.3 Å². The molecule has 1 aliphatic heterocycles. The Balaban J connectivity index is 2.10. The van der Waals surface area contributed by atoms with Crippen LogP contribution in [0.4, 0.5) is 0 Å². The predicted octanol–water partition coefficient (Wildman–Crippen LogP) is 2.65. The topological polar surface area (TPSA) is 163 Å². The molecule has 1 unspecified atom stereocenters. The largest absolute Gasteiger partial charge is 0.493 e. The lowest BCUT2D eigenvalue weighted by atomic mass is 10.1. The van der Waals surface area contributed by atoms with Gasteiger partial charge < -0.3 is 18.9 Å². The molecule has 1 atom stereocenters. The zero-order valence-electron chi connectivity index (χ0n) is 19.3. The second-order valence-electron chi connectivity index (χ2n) is 7.22. The molecule has 0 amide bonds. The molecule has 2 aromatic carbocycles. The lowest BCUT2D eigenvalue weighted by molar-refractivity contribution is -0.420. The van der Waals surface area contributed by atoms with Crippen LogP contribution in [-0.2, 0) is 9.53 Å². The third-order valence-corrected chi connectivity index (χ3v) is 4.74. The highest BCUT2D eigenvalue weighted by Gasteiger charge is 2.41. The number of carbonyl (C=O) groups excluding carboxylic acids is 1. The lowest BCUT2D eigenvalue weighted by Gasteiger charge is -2.31. The number of nitrogens with two attached hydrogens (primary N) is 1. The summed E-state index contributed by atoms with van der Waals surface area (Å²) < 4.78 is 21.9. The van der Waals surface area contributed by atoms with E-state index in [4.69, 9.17) is 24.8 Å². The average molecular weight is 481 g/mol. The molecule has 0 spiro atoms. The average Bonchev–Trinajstić information content (AvgIpc) is 2.81. The summed E-state index contributed by atoms with van der Waals surface area (Å²) in [5.74, 6) is 5.57. The number of aryl methyl sites for hydroxylation is 1. The van der Waals surface area contributed by atoms with Crippen LogP contribution in [0.2, 0.25) is 0 Å². The number of aliphatic imine (C=N–C) groups is 1. The molecule has 1 aliphatic rings. The van der Waals surface area contributed by atoms with Crippen LogP contribution in [0.5, 0.6) is 17.2 Å². The Bertz CT molecular complexity index is 1240. The van der Waals surface area contributed by atoms with Gasteiger partial charge in [-0.3, -0.25) is 14.9 Å². The van der Waals surface area contributed by atoms with E-state index in [-0.39, 0.29) is 29.4 Å². The van der Waals surface area contributed by atoms with E-state index in [1.165, 1.54) is 25.3 Å². The first kappa shape index (κ1) is 25.0. The molecule has 0 saturated carbocycles. The SMILES string of the molecule is CCOC(=O)CC1=NC(Oc2cccc(C)c2)N(N)C(Oc2cc(C#N)ccc2OC)=C1[N+](=O)[O-]. The monoisotopic (exact) mass is 481 g/mol. The van der Waals surface area contributed by atoms with Crippen molar-refractivity contribution in [3.63, 3.8) is 0 Å². The maximum Gasteiger partial charge on any atom is 0.352 e. The van der Waals surface area contributed by atoms with Crippen molar-refractivity contribution in [2.45, 2.75) is 26.6 Å². The van der Waals surface area contributed by atoms with Gasteiger partial charge >= 0.3 is 11.7 Å². The van der Waals surface area contributed by atoms with Crippen LogP contribution in [0.1, 0.15) is 24.5 Å². The fraction of sp³-hybridized carbons (Fsp3) is 0.261. The first-order valence-electron chi connectivity index (χ1n) is 10.4. The van der Waals surface area contributed by atoms with E-state index in [1.54, 1.807) is 25.1 Å². The van der Waals surface area contributed by atoms with Gasteiger partial charge in [-0.05, 0) is 43.7 Å². The molecular weight excluding hydrogens is 458 g/mol. The van der Waals surface area contributed by atoms with Gasteiger partial charge in [-0.15, -0.1) is 0 Å². The van der Waals surface area contributed by atoms with Crippen LogP contribution in [-0.4, -0.2) is 41.7 Å². The number of hydrogen-bond acceptors (Lipinski definition) is 11. The molecule has 2 N–H and O–H groups in total. The molecule has 0 bridgehead atoms. The van der Waals surface area contributed by atoms with E-state index in [2.05, 4.69) is 4.99 Å². The quantitative estimate of drug-likeness (QED) is 0.244. The third-order valence-electron chi connectivity index (χ3n) is 4.74. The van der Waals surface area contributed by atoms with E-state index in [0.29, 0.717) is 5.75 Å². The normalized spacial score (nSPS) is 15.1. The molecule has 0 fully saturated rings. The van der Waals surface area contributed by atoms with Gasteiger partial charge in [0.15, 0.2) is 11.5 Å². The molecule has 2 aromatic rings. The van der Waals surface area contributed by atoms with E-state index in [1.807, 2.05) is 19.1 Å². The number of allylic oxidation sites excluding steroid dienone is 1. The summed E-state index contributed by atoms with van der Waals surface area (Å²) >= 11 is 0. The number of methoxy groups -OCH3 is 1. The molecule has 182 valence electrons. The fourth-order valence-electron chi connectivity index (χ4n) is 3.19. The van der Waals surface area contributed by atoms with Crippen molar-refractivity contribution in [1.29, 1.82) is 5.26 Å². The predicted molar refractivity (Wildman–Crippen MR) is 123 cm³/mol. The number of esters is 1. The summed E-state index contributed by atoms with van der Waals surface area (Å²) in [5, 5.41) is 22.1. The number of hydrazine groups is 1. The molecule has 35 heavy (non-hydrogen) atoms. The first-order valence-corrected chi connectivity index (χ1v) is 10.4. The second-order valence-corrected chi connectivity index (χ2v) is 7.22. The summed E-state index contributed by atoms with van der Waals surface area (Å²) in [6.07, 6.45) is -1.83. The van der Waals surface area contributed by atoms with Crippen LogP contribution in [0, 0.1) is 28.4 Å². The van der Waals surface area contributed by atoms with Gasteiger partial charge in [0.25, 0.3) is 12.2 Å². The van der Waals surface area contributed by atoms with Crippen molar-refractivity contribution in [2.24, 2.45) is 10.8 Å². The zero-order valence-corrected chi connectivity index (χ0v) is 19.3. The second kappa shape index (κ2) is 11.0. The minimum atomic E-state index is -1.31. The van der Waals surface area contributed by atoms with E-state index in [9.17, 15) is 20.2 Å². The zero-order chi connectivity index (χ0) is 25.5. The molecule has 3 rings (SSSR count). The third kappa shape index (κ3) is 5.84. The number of rotatable bonds is 9. The highest BCUT2D eigenvalue weighted by atomic mass is 16.6. The van der Waals surface area contributed by atoms with E-state index in [0.717, 1.165) is 10.6 Å². The fourth-order valence-corrected chi connectivity index (χ4v) is 3.19.